The monoisotopic (exact) mass is 143 g/mol. The van der Waals surface area contributed by atoms with E-state index in [4.69, 9.17) is 4.74 Å². The highest BCUT2D eigenvalue weighted by atomic mass is 16.5. The van der Waals surface area contributed by atoms with Gasteiger partial charge in [0.05, 0.1) is 0 Å². The van der Waals surface area contributed by atoms with Crippen LogP contribution < -0.4 is 0 Å². The molecule has 0 atom stereocenters. The molecule has 0 radical (unpaired) electrons. The molecule has 0 unspecified atom stereocenters. The fourth-order valence-corrected chi connectivity index (χ4v) is 0.945. The third-order valence-corrected chi connectivity index (χ3v) is 1.61. The summed E-state index contributed by atoms with van der Waals surface area (Å²) in [6.07, 6.45) is 2.21. The minimum absolute atomic E-state index is 0.133. The van der Waals surface area contributed by atoms with Gasteiger partial charge in [-0.2, -0.15) is 0 Å². The van der Waals surface area contributed by atoms with Gasteiger partial charge in [0, 0.05) is 6.54 Å². The summed E-state index contributed by atoms with van der Waals surface area (Å²) in [5.41, 5.74) is 0. The molecule has 0 aromatic heterocycles. The molecule has 0 N–H and O–H groups in total. The molecule has 0 bridgehead atoms. The Bertz CT molecular complexity index is 125. The summed E-state index contributed by atoms with van der Waals surface area (Å²) in [4.78, 5) is 12.6. The van der Waals surface area contributed by atoms with E-state index in [1.807, 2.05) is 0 Å². The van der Waals surface area contributed by atoms with Crippen molar-refractivity contribution in [3.8, 4) is 0 Å². The highest BCUT2D eigenvalue weighted by molar-refractivity contribution is 5.78. The number of carbonyl (C=O) groups excluding carboxylic acids is 1. The van der Waals surface area contributed by atoms with Crippen LogP contribution in [-0.2, 0) is 9.53 Å². The Morgan fingerprint density at radius 2 is 2.50 bits per heavy atom. The molecule has 1 fully saturated rings. The van der Waals surface area contributed by atoms with E-state index in [-0.39, 0.29) is 12.5 Å². The molecular weight excluding hydrogens is 130 g/mol. The van der Waals surface area contributed by atoms with Crippen LogP contribution >= 0.6 is 0 Å². The second-order valence-corrected chi connectivity index (χ2v) is 2.49. The number of ether oxygens (including phenoxy) is 1. The number of carbonyl (C=O) groups is 1. The van der Waals surface area contributed by atoms with Crippen LogP contribution in [0.4, 0.5) is 0 Å². The third kappa shape index (κ3) is 1.70. The number of hydrogen-bond acceptors (Lipinski definition) is 2. The molecule has 1 heterocycles. The summed E-state index contributed by atoms with van der Waals surface area (Å²) in [5.74, 6) is 0.133. The highest BCUT2D eigenvalue weighted by Crippen LogP contribution is 2.02. The van der Waals surface area contributed by atoms with Crippen LogP contribution in [-0.4, -0.2) is 30.7 Å². The van der Waals surface area contributed by atoms with E-state index in [0.29, 0.717) is 6.73 Å². The van der Waals surface area contributed by atoms with Gasteiger partial charge >= 0.3 is 0 Å². The van der Waals surface area contributed by atoms with Gasteiger partial charge in [0.1, 0.15) is 13.3 Å². The van der Waals surface area contributed by atoms with E-state index in [0.717, 1.165) is 19.4 Å². The molecule has 0 aromatic rings. The fourth-order valence-electron chi connectivity index (χ4n) is 0.945. The standard InChI is InChI=1S/C7H13NO2/c1-2-3-4-8-6-10-5-7(8)9/h2-6H2,1H3. The zero-order chi connectivity index (χ0) is 7.40. The summed E-state index contributed by atoms with van der Waals surface area (Å²) >= 11 is 0. The Balaban J connectivity index is 2.20. The molecule has 1 rings (SSSR count). The first-order chi connectivity index (χ1) is 4.84. The van der Waals surface area contributed by atoms with E-state index in [1.54, 1.807) is 4.90 Å². The van der Waals surface area contributed by atoms with E-state index in [2.05, 4.69) is 6.92 Å². The van der Waals surface area contributed by atoms with Gasteiger partial charge in [-0.3, -0.25) is 4.79 Å². The molecule has 1 amide bonds. The van der Waals surface area contributed by atoms with E-state index >= 15 is 0 Å². The van der Waals surface area contributed by atoms with Crippen LogP contribution in [0.5, 0.6) is 0 Å². The molecule has 58 valence electrons. The molecule has 0 spiro atoms. The molecule has 1 aliphatic rings. The van der Waals surface area contributed by atoms with Crippen molar-refractivity contribution < 1.29 is 9.53 Å². The van der Waals surface area contributed by atoms with Crippen molar-refractivity contribution in [3.05, 3.63) is 0 Å². The highest BCUT2D eigenvalue weighted by Gasteiger charge is 2.19. The summed E-state index contributed by atoms with van der Waals surface area (Å²) in [6, 6.07) is 0. The van der Waals surface area contributed by atoms with Gasteiger partial charge in [-0.1, -0.05) is 13.3 Å². The number of hydrogen-bond donors (Lipinski definition) is 0. The molecule has 3 nitrogen and oxygen atoms in total. The molecule has 0 saturated carbocycles. The molecule has 0 aliphatic carbocycles. The van der Waals surface area contributed by atoms with Gasteiger partial charge < -0.3 is 9.64 Å². The average molecular weight is 143 g/mol. The van der Waals surface area contributed by atoms with E-state index < -0.39 is 0 Å². The van der Waals surface area contributed by atoms with Crippen LogP contribution in [0.25, 0.3) is 0 Å². The van der Waals surface area contributed by atoms with Crippen molar-refractivity contribution in [1.29, 1.82) is 0 Å². The van der Waals surface area contributed by atoms with Crippen LogP contribution in [0.3, 0.4) is 0 Å². The van der Waals surface area contributed by atoms with Crippen molar-refractivity contribution in [1.82, 2.24) is 4.90 Å². The second-order valence-electron chi connectivity index (χ2n) is 2.49. The minimum Gasteiger partial charge on any atom is -0.351 e. The average Bonchev–Trinajstić information content (AvgIpc) is 2.31. The molecule has 0 aromatic carbocycles. The van der Waals surface area contributed by atoms with Crippen molar-refractivity contribution in [2.45, 2.75) is 19.8 Å². The largest absolute Gasteiger partial charge is 0.351 e. The molecular formula is C7H13NO2. The minimum atomic E-state index is 0.133. The Hall–Kier alpha value is -0.570. The summed E-state index contributed by atoms with van der Waals surface area (Å²) in [7, 11) is 0. The zero-order valence-corrected chi connectivity index (χ0v) is 6.30. The quantitative estimate of drug-likeness (QED) is 0.579. The van der Waals surface area contributed by atoms with Crippen molar-refractivity contribution in [3.63, 3.8) is 0 Å². The molecule has 3 heteroatoms. The Morgan fingerprint density at radius 1 is 1.70 bits per heavy atom. The first kappa shape index (κ1) is 7.54. The summed E-state index contributed by atoms with van der Waals surface area (Å²) in [5, 5.41) is 0. The lowest BCUT2D eigenvalue weighted by atomic mass is 10.3. The smallest absolute Gasteiger partial charge is 0.250 e. The fraction of sp³-hybridized carbons (Fsp3) is 0.857. The van der Waals surface area contributed by atoms with Crippen LogP contribution in [0.1, 0.15) is 19.8 Å². The van der Waals surface area contributed by atoms with Gasteiger partial charge in [-0.15, -0.1) is 0 Å². The zero-order valence-electron chi connectivity index (χ0n) is 6.30. The first-order valence-electron chi connectivity index (χ1n) is 3.70. The van der Waals surface area contributed by atoms with Gasteiger partial charge in [0.15, 0.2) is 0 Å². The summed E-state index contributed by atoms with van der Waals surface area (Å²) in [6.45, 7) is 3.75. The van der Waals surface area contributed by atoms with E-state index in [1.165, 1.54) is 0 Å². The van der Waals surface area contributed by atoms with Crippen molar-refractivity contribution in [2.24, 2.45) is 0 Å². The predicted molar refractivity (Wildman–Crippen MR) is 37.4 cm³/mol. The maximum Gasteiger partial charge on any atom is 0.250 e. The van der Waals surface area contributed by atoms with Crippen LogP contribution in [0.15, 0.2) is 0 Å². The summed E-state index contributed by atoms with van der Waals surface area (Å²) < 4.78 is 4.94. The maximum absolute atomic E-state index is 10.9. The lowest BCUT2D eigenvalue weighted by Gasteiger charge is -2.11. The normalized spacial score (nSPS) is 18.5. The Labute approximate surface area is 61.0 Å². The van der Waals surface area contributed by atoms with Crippen LogP contribution in [0, 0.1) is 0 Å². The first-order valence-corrected chi connectivity index (χ1v) is 3.70. The number of rotatable bonds is 3. The van der Waals surface area contributed by atoms with Gasteiger partial charge in [0.25, 0.3) is 0 Å². The van der Waals surface area contributed by atoms with Gasteiger partial charge in [0.2, 0.25) is 5.91 Å². The molecule has 1 saturated heterocycles. The van der Waals surface area contributed by atoms with Crippen molar-refractivity contribution >= 4 is 5.91 Å². The third-order valence-electron chi connectivity index (χ3n) is 1.61. The van der Waals surface area contributed by atoms with Crippen molar-refractivity contribution in [2.75, 3.05) is 19.9 Å². The lowest BCUT2D eigenvalue weighted by molar-refractivity contribution is -0.126. The van der Waals surface area contributed by atoms with Gasteiger partial charge in [-0.25, -0.2) is 0 Å². The topological polar surface area (TPSA) is 29.5 Å². The number of amides is 1. The Morgan fingerprint density at radius 3 is 3.00 bits per heavy atom. The lowest BCUT2D eigenvalue weighted by Crippen LogP contribution is -2.26. The van der Waals surface area contributed by atoms with E-state index in [9.17, 15) is 4.79 Å². The Kier molecular flexibility index (Phi) is 2.68. The second kappa shape index (κ2) is 3.56. The maximum atomic E-state index is 10.9. The number of unbranched alkanes of at least 4 members (excludes halogenated alkanes) is 1. The van der Waals surface area contributed by atoms with Gasteiger partial charge in [-0.05, 0) is 6.42 Å². The molecule has 1 aliphatic heterocycles. The van der Waals surface area contributed by atoms with Crippen LogP contribution in [0.2, 0.25) is 0 Å². The SMILES string of the molecule is CCCCN1COCC1=O. The number of nitrogens with zero attached hydrogens (tertiary/aromatic N) is 1. The molecule has 10 heavy (non-hydrogen) atoms. The predicted octanol–water partition coefficient (Wildman–Crippen LogP) is 0.603.